The quantitative estimate of drug-likeness (QED) is 0.347. The van der Waals surface area contributed by atoms with Gasteiger partial charge in [-0.1, -0.05) is 36.4 Å². The molecule has 0 aliphatic heterocycles. The molecule has 3 heterocycles. The van der Waals surface area contributed by atoms with E-state index in [0.717, 1.165) is 29.2 Å². The van der Waals surface area contributed by atoms with E-state index >= 15 is 0 Å². The second kappa shape index (κ2) is 8.00. The van der Waals surface area contributed by atoms with Crippen LogP contribution in [-0.2, 0) is 12.8 Å². The Morgan fingerprint density at radius 3 is 2.70 bits per heavy atom. The summed E-state index contributed by atoms with van der Waals surface area (Å²) in [5.41, 5.74) is 3.53. The molecule has 2 atom stereocenters. The Labute approximate surface area is 183 Å². The number of thioether (sulfide) groups is 1. The van der Waals surface area contributed by atoms with Gasteiger partial charge in [-0.05, 0) is 62.8 Å². The third kappa shape index (κ3) is 3.94. The predicted molar refractivity (Wildman–Crippen MR) is 118 cm³/mol. The number of aryl methyl sites for hydroxylation is 2. The summed E-state index contributed by atoms with van der Waals surface area (Å²) in [6, 6.07) is 10.2. The zero-order valence-corrected chi connectivity index (χ0v) is 18.7. The number of aromatic nitrogens is 4. The maximum Gasteiger partial charge on any atom is 0.277 e. The molecule has 3 aromatic heterocycles. The van der Waals surface area contributed by atoms with Gasteiger partial charge in [-0.15, -0.1) is 31.7 Å². The maximum atomic E-state index is 5.93. The van der Waals surface area contributed by atoms with Crippen LogP contribution < -0.4 is 0 Å². The van der Waals surface area contributed by atoms with Crippen molar-refractivity contribution in [2.24, 2.45) is 5.92 Å². The van der Waals surface area contributed by atoms with Gasteiger partial charge >= 0.3 is 0 Å². The lowest BCUT2D eigenvalue weighted by Gasteiger charge is -2.16. The summed E-state index contributed by atoms with van der Waals surface area (Å²) in [6.45, 7) is 6.35. The molecule has 0 unspecified atom stereocenters. The summed E-state index contributed by atoms with van der Waals surface area (Å²) in [4.78, 5) is 2.51. The number of fused-ring (bicyclic) bond motifs is 1. The third-order valence-corrected chi connectivity index (χ3v) is 7.46. The summed E-state index contributed by atoms with van der Waals surface area (Å²) in [5, 5.41) is 17.3. The molecule has 6 nitrogen and oxygen atoms in total. The van der Waals surface area contributed by atoms with Gasteiger partial charge in [0.15, 0.2) is 0 Å². The Balaban J connectivity index is 1.29. The molecule has 1 aliphatic rings. The van der Waals surface area contributed by atoms with Gasteiger partial charge in [-0.2, -0.15) is 0 Å². The normalized spacial score (nSPS) is 17.1. The molecular weight excluding hydrogens is 416 g/mol. The number of rotatable bonds is 5. The van der Waals surface area contributed by atoms with E-state index in [9.17, 15) is 0 Å². The third-order valence-electron chi connectivity index (χ3n) is 5.31. The van der Waals surface area contributed by atoms with Crippen molar-refractivity contribution in [2.75, 3.05) is 0 Å². The van der Waals surface area contributed by atoms with Crippen molar-refractivity contribution < 1.29 is 8.83 Å². The molecular formula is C22H22N4O2S2. The van der Waals surface area contributed by atoms with Crippen LogP contribution in [0.3, 0.4) is 0 Å². The van der Waals surface area contributed by atoms with Crippen LogP contribution in [0.4, 0.5) is 0 Å². The molecule has 8 heteroatoms. The van der Waals surface area contributed by atoms with Crippen molar-refractivity contribution in [3.8, 4) is 22.2 Å². The van der Waals surface area contributed by atoms with Gasteiger partial charge in [0, 0.05) is 10.4 Å². The first-order valence-corrected chi connectivity index (χ1v) is 11.8. The molecule has 0 spiro atoms. The molecule has 0 radical (unpaired) electrons. The molecule has 0 saturated heterocycles. The minimum atomic E-state index is -0.0950. The van der Waals surface area contributed by atoms with Crippen LogP contribution >= 0.6 is 23.1 Å². The van der Waals surface area contributed by atoms with E-state index in [1.165, 1.54) is 34.2 Å². The highest BCUT2D eigenvalue weighted by atomic mass is 32.2. The SMILES string of the molecule is Cc1ccc(-c2nnc([C@@H](C)Sc3nnc(-c4cc5c(s4)CC[C@H](C)C5)o3)o2)cc1. The monoisotopic (exact) mass is 438 g/mol. The summed E-state index contributed by atoms with van der Waals surface area (Å²) >= 11 is 3.20. The van der Waals surface area contributed by atoms with E-state index in [0.29, 0.717) is 22.9 Å². The number of hydrogen-bond donors (Lipinski definition) is 0. The summed E-state index contributed by atoms with van der Waals surface area (Å²) in [6.07, 6.45) is 3.54. The number of benzene rings is 1. The van der Waals surface area contributed by atoms with E-state index in [-0.39, 0.29) is 5.25 Å². The standard InChI is InChI=1S/C22H22N4O2S2/c1-12-4-7-15(8-5-12)20-24-23-19(27-20)14(3)29-22-26-25-21(28-22)18-11-16-10-13(2)6-9-17(16)30-18/h4-5,7-8,11,13-14H,6,9-10H2,1-3H3/t13-,14+/m0/s1. The van der Waals surface area contributed by atoms with E-state index in [1.54, 1.807) is 11.3 Å². The lowest BCUT2D eigenvalue weighted by Crippen LogP contribution is -2.07. The lowest BCUT2D eigenvalue weighted by molar-refractivity contribution is 0.462. The largest absolute Gasteiger partial charge is 0.419 e. The van der Waals surface area contributed by atoms with Gasteiger partial charge < -0.3 is 8.83 Å². The Hall–Kier alpha value is -2.45. The molecule has 0 amide bonds. The Morgan fingerprint density at radius 2 is 1.87 bits per heavy atom. The minimum Gasteiger partial charge on any atom is -0.419 e. The minimum absolute atomic E-state index is 0.0950. The van der Waals surface area contributed by atoms with Crippen molar-refractivity contribution in [3.63, 3.8) is 0 Å². The van der Waals surface area contributed by atoms with Crippen LogP contribution in [0.1, 0.15) is 47.4 Å². The molecule has 0 fully saturated rings. The van der Waals surface area contributed by atoms with Crippen molar-refractivity contribution in [1.82, 2.24) is 20.4 Å². The summed E-state index contributed by atoms with van der Waals surface area (Å²) in [5.74, 6) is 2.38. The van der Waals surface area contributed by atoms with Crippen LogP contribution in [0, 0.1) is 12.8 Å². The van der Waals surface area contributed by atoms with E-state index in [1.807, 2.05) is 38.1 Å². The second-order valence-electron chi connectivity index (χ2n) is 7.85. The topological polar surface area (TPSA) is 77.8 Å². The molecule has 1 aliphatic carbocycles. The Bertz CT molecular complexity index is 1160. The zero-order valence-electron chi connectivity index (χ0n) is 17.1. The van der Waals surface area contributed by atoms with Crippen molar-refractivity contribution in [2.45, 2.75) is 50.5 Å². The van der Waals surface area contributed by atoms with Gasteiger partial charge in [-0.25, -0.2) is 0 Å². The Kier molecular flexibility index (Phi) is 5.20. The van der Waals surface area contributed by atoms with Crippen LogP contribution in [0.2, 0.25) is 0 Å². The molecule has 0 bridgehead atoms. The molecule has 4 aromatic rings. The summed E-state index contributed by atoms with van der Waals surface area (Å²) in [7, 11) is 0. The first-order valence-electron chi connectivity index (χ1n) is 10.1. The molecule has 0 N–H and O–H groups in total. The average Bonchev–Trinajstić information content (AvgIpc) is 3.47. The van der Waals surface area contributed by atoms with Gasteiger partial charge in [0.25, 0.3) is 11.1 Å². The fourth-order valence-corrected chi connectivity index (χ4v) is 5.42. The zero-order chi connectivity index (χ0) is 20.7. The van der Waals surface area contributed by atoms with Crippen molar-refractivity contribution >= 4 is 23.1 Å². The highest BCUT2D eigenvalue weighted by Gasteiger charge is 2.23. The average molecular weight is 439 g/mol. The molecule has 1 aromatic carbocycles. The van der Waals surface area contributed by atoms with Gasteiger partial charge in [-0.3, -0.25) is 0 Å². The molecule has 5 rings (SSSR count). The smallest absolute Gasteiger partial charge is 0.277 e. The predicted octanol–water partition coefficient (Wildman–Crippen LogP) is 6.13. The van der Waals surface area contributed by atoms with Gasteiger partial charge in [0.05, 0.1) is 10.1 Å². The second-order valence-corrected chi connectivity index (χ2v) is 10.3. The molecule has 0 saturated carbocycles. The fourth-order valence-electron chi connectivity index (χ4n) is 3.58. The Morgan fingerprint density at radius 1 is 1.07 bits per heavy atom. The van der Waals surface area contributed by atoms with E-state index < -0.39 is 0 Å². The van der Waals surface area contributed by atoms with Crippen LogP contribution in [0.25, 0.3) is 22.2 Å². The van der Waals surface area contributed by atoms with Crippen LogP contribution in [0.5, 0.6) is 0 Å². The first-order chi connectivity index (χ1) is 14.5. The maximum absolute atomic E-state index is 5.93. The highest BCUT2D eigenvalue weighted by molar-refractivity contribution is 7.99. The van der Waals surface area contributed by atoms with E-state index in [2.05, 4.69) is 33.4 Å². The number of hydrogen-bond acceptors (Lipinski definition) is 8. The molecule has 154 valence electrons. The lowest BCUT2D eigenvalue weighted by atomic mass is 9.90. The number of nitrogens with zero attached hydrogens (tertiary/aromatic N) is 4. The highest BCUT2D eigenvalue weighted by Crippen LogP contribution is 2.39. The first kappa shape index (κ1) is 19.5. The van der Waals surface area contributed by atoms with E-state index in [4.69, 9.17) is 8.83 Å². The van der Waals surface area contributed by atoms with Crippen LogP contribution in [0.15, 0.2) is 44.4 Å². The number of thiophene rings is 1. The fraction of sp³-hybridized carbons (Fsp3) is 0.364. The van der Waals surface area contributed by atoms with Gasteiger partial charge in [0.1, 0.15) is 0 Å². The van der Waals surface area contributed by atoms with Crippen molar-refractivity contribution in [3.05, 3.63) is 52.2 Å². The van der Waals surface area contributed by atoms with Crippen LogP contribution in [-0.4, -0.2) is 20.4 Å². The van der Waals surface area contributed by atoms with Crippen molar-refractivity contribution in [1.29, 1.82) is 0 Å². The molecule has 30 heavy (non-hydrogen) atoms. The van der Waals surface area contributed by atoms with Gasteiger partial charge in [0.2, 0.25) is 11.8 Å². The summed E-state index contributed by atoms with van der Waals surface area (Å²) < 4.78 is 11.8.